The highest BCUT2D eigenvalue weighted by Gasteiger charge is 2.40. The summed E-state index contributed by atoms with van der Waals surface area (Å²) in [4.78, 5) is 28.4. The van der Waals surface area contributed by atoms with Gasteiger partial charge >= 0.3 is 6.09 Å². The molecule has 0 aromatic heterocycles. The van der Waals surface area contributed by atoms with Crippen molar-refractivity contribution < 1.29 is 14.4 Å². The van der Waals surface area contributed by atoms with Crippen molar-refractivity contribution in [3.05, 3.63) is 0 Å². The van der Waals surface area contributed by atoms with E-state index in [2.05, 4.69) is 5.16 Å². The van der Waals surface area contributed by atoms with Crippen LogP contribution in [0.2, 0.25) is 0 Å². The predicted octanol–water partition coefficient (Wildman–Crippen LogP) is 2.97. The van der Waals surface area contributed by atoms with Gasteiger partial charge in [-0.2, -0.15) is 0 Å². The normalized spacial score (nSPS) is 26.6. The van der Waals surface area contributed by atoms with E-state index in [0.717, 1.165) is 28.7 Å². The van der Waals surface area contributed by atoms with Crippen molar-refractivity contribution in [2.45, 2.75) is 30.9 Å². The van der Waals surface area contributed by atoms with Crippen LogP contribution >= 0.6 is 35.5 Å². The number of ketones is 1. The van der Waals surface area contributed by atoms with Crippen LogP contribution in [0.5, 0.6) is 0 Å². The maximum atomic E-state index is 11.8. The Morgan fingerprint density at radius 2 is 2.16 bits per heavy atom. The molecule has 1 unspecified atom stereocenters. The molecule has 0 N–H and O–H groups in total. The average Bonchev–Trinajstić information content (AvgIpc) is 2.98. The van der Waals surface area contributed by atoms with Crippen LogP contribution in [0.3, 0.4) is 0 Å². The summed E-state index contributed by atoms with van der Waals surface area (Å²) in [5.41, 5.74) is 0. The molecule has 1 aliphatic heterocycles. The van der Waals surface area contributed by atoms with Crippen LogP contribution in [-0.4, -0.2) is 43.9 Å². The first-order chi connectivity index (χ1) is 9.01. The molecule has 0 radical (unpaired) electrons. The van der Waals surface area contributed by atoms with Gasteiger partial charge in [0.2, 0.25) is 0 Å². The summed E-state index contributed by atoms with van der Waals surface area (Å²) in [5, 5.41) is 3.81. The standard InChI is InChI=1S/C11H16N2O3S3/c1-11(5-3-4-8(11)14)19-13(2)10(15)16-12-9-17-6-7-18-9/h3-7H2,1-2H3. The van der Waals surface area contributed by atoms with Crippen LogP contribution in [0.15, 0.2) is 5.16 Å². The van der Waals surface area contributed by atoms with Crippen molar-refractivity contribution in [1.29, 1.82) is 0 Å². The Morgan fingerprint density at radius 3 is 2.74 bits per heavy atom. The van der Waals surface area contributed by atoms with E-state index < -0.39 is 10.8 Å². The molecule has 0 aromatic rings. The van der Waals surface area contributed by atoms with Gasteiger partial charge in [0.15, 0.2) is 4.38 Å². The Morgan fingerprint density at radius 1 is 1.47 bits per heavy atom. The lowest BCUT2D eigenvalue weighted by Crippen LogP contribution is -2.32. The summed E-state index contributed by atoms with van der Waals surface area (Å²) >= 11 is 4.40. The second-order valence-electron chi connectivity index (χ2n) is 4.51. The van der Waals surface area contributed by atoms with Crippen LogP contribution in [-0.2, 0) is 9.63 Å². The van der Waals surface area contributed by atoms with Crippen LogP contribution in [0.1, 0.15) is 26.2 Å². The Kier molecular flexibility index (Phi) is 5.08. The maximum absolute atomic E-state index is 11.8. The van der Waals surface area contributed by atoms with Crippen LogP contribution in [0, 0.1) is 0 Å². The molecular formula is C11H16N2O3S3. The molecule has 8 heteroatoms. The van der Waals surface area contributed by atoms with E-state index in [1.165, 1.54) is 16.3 Å². The fourth-order valence-corrected chi connectivity index (χ4v) is 5.09. The number of carbonyl (C=O) groups excluding carboxylic acids is 2. The molecule has 1 saturated heterocycles. The van der Waals surface area contributed by atoms with E-state index in [1.807, 2.05) is 6.92 Å². The second kappa shape index (κ2) is 6.41. The van der Waals surface area contributed by atoms with Crippen molar-refractivity contribution in [3.8, 4) is 0 Å². The molecule has 1 saturated carbocycles. The minimum Gasteiger partial charge on any atom is -0.298 e. The third kappa shape index (κ3) is 3.82. The topological polar surface area (TPSA) is 59.0 Å². The van der Waals surface area contributed by atoms with Crippen LogP contribution < -0.4 is 0 Å². The SMILES string of the molecule is CN(SC1(C)CCCC1=O)C(=O)ON=C1SCCS1. The lowest BCUT2D eigenvalue weighted by Gasteiger charge is -2.25. The molecule has 0 bridgehead atoms. The zero-order chi connectivity index (χ0) is 13.9. The predicted molar refractivity (Wildman–Crippen MR) is 81.4 cm³/mol. The highest BCUT2D eigenvalue weighted by atomic mass is 32.2. The molecule has 1 atom stereocenters. The number of hydrogen-bond acceptors (Lipinski definition) is 7. The van der Waals surface area contributed by atoms with E-state index in [-0.39, 0.29) is 5.78 Å². The molecule has 1 aliphatic carbocycles. The summed E-state index contributed by atoms with van der Waals surface area (Å²) in [6.45, 7) is 1.88. The molecule has 0 aromatic carbocycles. The van der Waals surface area contributed by atoms with E-state index >= 15 is 0 Å². The minimum absolute atomic E-state index is 0.199. The molecule has 2 fully saturated rings. The lowest BCUT2D eigenvalue weighted by molar-refractivity contribution is -0.119. The molecule has 5 nitrogen and oxygen atoms in total. The summed E-state index contributed by atoms with van der Waals surface area (Å²) in [7, 11) is 1.61. The number of rotatable bonds is 3. The van der Waals surface area contributed by atoms with Gasteiger partial charge < -0.3 is 0 Å². The number of hydrogen-bond donors (Lipinski definition) is 0. The average molecular weight is 320 g/mol. The summed E-state index contributed by atoms with van der Waals surface area (Å²) in [5.74, 6) is 2.20. The number of oxime groups is 1. The van der Waals surface area contributed by atoms with E-state index in [9.17, 15) is 9.59 Å². The third-order valence-electron chi connectivity index (χ3n) is 2.98. The molecule has 19 heavy (non-hydrogen) atoms. The summed E-state index contributed by atoms with van der Waals surface area (Å²) in [6, 6.07) is 0. The second-order valence-corrected chi connectivity index (χ2v) is 8.56. The first-order valence-corrected chi connectivity index (χ1v) is 8.76. The largest absolute Gasteiger partial charge is 0.445 e. The Labute approximate surface area is 125 Å². The zero-order valence-corrected chi connectivity index (χ0v) is 13.3. The molecular weight excluding hydrogens is 304 g/mol. The van der Waals surface area contributed by atoms with Gasteiger partial charge in [-0.3, -0.25) is 13.9 Å². The highest BCUT2D eigenvalue weighted by Crippen LogP contribution is 2.39. The molecule has 1 heterocycles. The fraction of sp³-hybridized carbons (Fsp3) is 0.727. The van der Waals surface area contributed by atoms with E-state index in [0.29, 0.717) is 6.42 Å². The Hall–Kier alpha value is -0.340. The molecule has 106 valence electrons. The number of amides is 1. The van der Waals surface area contributed by atoms with Crippen LogP contribution in [0.25, 0.3) is 0 Å². The summed E-state index contributed by atoms with van der Waals surface area (Å²) in [6.07, 6.45) is 1.75. The van der Waals surface area contributed by atoms with Crippen LogP contribution in [0.4, 0.5) is 4.79 Å². The van der Waals surface area contributed by atoms with E-state index in [1.54, 1.807) is 30.6 Å². The lowest BCUT2D eigenvalue weighted by atomic mass is 10.1. The summed E-state index contributed by atoms with van der Waals surface area (Å²) < 4.78 is 1.64. The fourth-order valence-electron chi connectivity index (χ4n) is 1.91. The minimum atomic E-state index is -0.536. The first kappa shape index (κ1) is 15.1. The van der Waals surface area contributed by atoms with Gasteiger partial charge in [0.25, 0.3) is 0 Å². The van der Waals surface area contributed by atoms with Crippen molar-refractivity contribution in [2.24, 2.45) is 5.16 Å². The number of nitrogens with zero attached hydrogens (tertiary/aromatic N) is 2. The molecule has 0 spiro atoms. The quantitative estimate of drug-likeness (QED) is 0.453. The Balaban J connectivity index is 1.85. The number of carbonyl (C=O) groups is 2. The number of Topliss-reactive ketones (excluding diaryl/α,β-unsaturated/α-hetero) is 1. The molecule has 2 rings (SSSR count). The van der Waals surface area contributed by atoms with Crippen molar-refractivity contribution in [2.75, 3.05) is 18.6 Å². The Bertz CT molecular complexity index is 408. The van der Waals surface area contributed by atoms with Gasteiger partial charge in [-0.15, -0.1) is 0 Å². The molecule has 2 aliphatic rings. The van der Waals surface area contributed by atoms with Crippen molar-refractivity contribution >= 4 is 51.7 Å². The van der Waals surface area contributed by atoms with E-state index in [4.69, 9.17) is 4.84 Å². The van der Waals surface area contributed by atoms with Gasteiger partial charge in [-0.1, -0.05) is 28.7 Å². The van der Waals surface area contributed by atoms with Gasteiger partial charge in [-0.05, 0) is 31.7 Å². The monoisotopic (exact) mass is 320 g/mol. The zero-order valence-electron chi connectivity index (χ0n) is 10.9. The van der Waals surface area contributed by atoms with Gasteiger partial charge in [0.1, 0.15) is 5.78 Å². The molecule has 1 amide bonds. The highest BCUT2D eigenvalue weighted by molar-refractivity contribution is 8.41. The third-order valence-corrected chi connectivity index (χ3v) is 6.66. The maximum Gasteiger partial charge on any atom is 0.445 e. The smallest absolute Gasteiger partial charge is 0.298 e. The van der Waals surface area contributed by atoms with Crippen molar-refractivity contribution in [1.82, 2.24) is 4.31 Å². The number of thioether (sulfide) groups is 2. The van der Waals surface area contributed by atoms with Crippen molar-refractivity contribution in [3.63, 3.8) is 0 Å². The van der Waals surface area contributed by atoms with Gasteiger partial charge in [-0.25, -0.2) is 4.79 Å². The van der Waals surface area contributed by atoms with Gasteiger partial charge in [0, 0.05) is 25.0 Å². The first-order valence-electron chi connectivity index (χ1n) is 6.02. The van der Waals surface area contributed by atoms with Gasteiger partial charge in [0.05, 0.1) is 4.75 Å².